The highest BCUT2D eigenvalue weighted by atomic mass is 16.4. The van der Waals surface area contributed by atoms with Crippen molar-refractivity contribution in [1.29, 1.82) is 0 Å². The number of aromatic carboxylic acids is 2. The van der Waals surface area contributed by atoms with Crippen molar-refractivity contribution < 1.29 is 19.8 Å². The standard InChI is InChI=1S/C34H45N3O4/c1-4-7-18-37-27(20-35-32(37)25-16-12-9-13-17-25)23-36(21-24-14-10-8-11-15-24)22-26-19-30(33(38)39)29(6-3)31(34(40)41)28(26)5-2/h9,12-13,16-17,19-20,24H,4-8,10-11,14-15,18,21-23H2,1-3H3,(H,38,39)(H,40,41). The van der Waals surface area contributed by atoms with Gasteiger partial charge in [-0.25, -0.2) is 14.6 Å². The number of nitrogens with zero attached hydrogens (tertiary/aromatic N) is 3. The van der Waals surface area contributed by atoms with E-state index in [2.05, 4.69) is 28.5 Å². The Balaban J connectivity index is 1.76. The van der Waals surface area contributed by atoms with Gasteiger partial charge in [0.2, 0.25) is 0 Å². The van der Waals surface area contributed by atoms with Crippen LogP contribution in [-0.4, -0.2) is 43.1 Å². The van der Waals surface area contributed by atoms with E-state index in [0.717, 1.165) is 54.1 Å². The van der Waals surface area contributed by atoms with Crippen LogP contribution in [0.1, 0.15) is 109 Å². The van der Waals surface area contributed by atoms with Gasteiger partial charge in [0, 0.05) is 31.7 Å². The summed E-state index contributed by atoms with van der Waals surface area (Å²) in [5.74, 6) is -0.582. The van der Waals surface area contributed by atoms with Gasteiger partial charge in [-0.15, -0.1) is 0 Å². The van der Waals surface area contributed by atoms with Gasteiger partial charge >= 0.3 is 11.9 Å². The van der Waals surface area contributed by atoms with Crippen molar-refractivity contribution in [3.8, 4) is 11.4 Å². The van der Waals surface area contributed by atoms with Crippen molar-refractivity contribution in [3.05, 3.63) is 76.1 Å². The minimum absolute atomic E-state index is 0.106. The van der Waals surface area contributed by atoms with Crippen LogP contribution in [0.5, 0.6) is 0 Å². The summed E-state index contributed by atoms with van der Waals surface area (Å²) in [7, 11) is 0. The van der Waals surface area contributed by atoms with Crippen molar-refractivity contribution in [2.24, 2.45) is 5.92 Å². The number of unbranched alkanes of at least 4 members (excludes halogenated alkanes) is 1. The molecule has 1 aliphatic carbocycles. The number of carboxylic acids is 2. The Morgan fingerprint density at radius 2 is 1.66 bits per heavy atom. The maximum Gasteiger partial charge on any atom is 0.336 e. The molecule has 2 N–H and O–H groups in total. The van der Waals surface area contributed by atoms with E-state index < -0.39 is 11.9 Å². The molecule has 0 spiro atoms. The number of hydrogen-bond donors (Lipinski definition) is 2. The molecule has 220 valence electrons. The Bertz CT molecular complexity index is 1330. The predicted octanol–water partition coefficient (Wildman–Crippen LogP) is 7.45. The first kappa shape index (κ1) is 30.5. The number of carboxylic acid groups (broad SMARTS) is 2. The van der Waals surface area contributed by atoms with E-state index in [4.69, 9.17) is 4.98 Å². The van der Waals surface area contributed by atoms with E-state index in [1.165, 1.54) is 32.1 Å². The SMILES string of the molecule is CCCCn1c(CN(Cc2cc(C(=O)O)c(CC)c(C(=O)O)c2CC)CC2CCCCC2)cnc1-c1ccccc1. The molecule has 0 atom stereocenters. The fraction of sp³-hybridized carbons (Fsp3) is 0.500. The summed E-state index contributed by atoms with van der Waals surface area (Å²) in [4.78, 5) is 32.0. The summed E-state index contributed by atoms with van der Waals surface area (Å²) >= 11 is 0. The average Bonchev–Trinajstić information content (AvgIpc) is 3.38. The van der Waals surface area contributed by atoms with Crippen LogP contribution >= 0.6 is 0 Å². The van der Waals surface area contributed by atoms with Crippen molar-refractivity contribution in [2.75, 3.05) is 6.54 Å². The van der Waals surface area contributed by atoms with Crippen LogP contribution in [0.2, 0.25) is 0 Å². The Kier molecular flexibility index (Phi) is 10.7. The normalized spacial score (nSPS) is 14.0. The van der Waals surface area contributed by atoms with E-state index in [1.807, 2.05) is 38.2 Å². The first-order valence-electron chi connectivity index (χ1n) is 15.3. The molecule has 0 unspecified atom stereocenters. The summed E-state index contributed by atoms with van der Waals surface area (Å²) in [6, 6.07) is 12.0. The quantitative estimate of drug-likeness (QED) is 0.213. The van der Waals surface area contributed by atoms with Crippen LogP contribution in [0.3, 0.4) is 0 Å². The lowest BCUT2D eigenvalue weighted by atomic mass is 9.87. The lowest BCUT2D eigenvalue weighted by molar-refractivity contribution is 0.0694. The Hall–Kier alpha value is -3.45. The van der Waals surface area contributed by atoms with E-state index >= 15 is 0 Å². The summed E-state index contributed by atoms with van der Waals surface area (Å²) in [5, 5.41) is 20.2. The van der Waals surface area contributed by atoms with Gasteiger partial charge in [0.05, 0.1) is 23.0 Å². The van der Waals surface area contributed by atoms with E-state index in [1.54, 1.807) is 6.07 Å². The summed E-state index contributed by atoms with van der Waals surface area (Å²) in [5.41, 5.74) is 4.46. The lowest BCUT2D eigenvalue weighted by Gasteiger charge is -2.31. The van der Waals surface area contributed by atoms with E-state index in [0.29, 0.717) is 37.4 Å². The summed E-state index contributed by atoms with van der Waals surface area (Å²) in [6.45, 7) is 8.93. The molecule has 3 aromatic rings. The van der Waals surface area contributed by atoms with Gasteiger partial charge in [0.1, 0.15) is 5.82 Å². The van der Waals surface area contributed by atoms with Gasteiger partial charge in [-0.2, -0.15) is 0 Å². The number of hydrogen-bond acceptors (Lipinski definition) is 4. The third-order valence-corrected chi connectivity index (χ3v) is 8.51. The molecule has 7 nitrogen and oxygen atoms in total. The molecule has 2 aromatic carbocycles. The molecule has 1 fully saturated rings. The maximum atomic E-state index is 12.4. The van der Waals surface area contributed by atoms with Crippen LogP contribution in [-0.2, 0) is 32.5 Å². The average molecular weight is 560 g/mol. The monoisotopic (exact) mass is 559 g/mol. The molecular formula is C34H45N3O4. The highest BCUT2D eigenvalue weighted by Gasteiger charge is 2.26. The second-order valence-corrected chi connectivity index (χ2v) is 11.4. The van der Waals surface area contributed by atoms with Crippen LogP contribution in [0, 0.1) is 5.92 Å². The second-order valence-electron chi connectivity index (χ2n) is 11.4. The van der Waals surface area contributed by atoms with Gasteiger partial charge in [-0.3, -0.25) is 4.90 Å². The zero-order chi connectivity index (χ0) is 29.4. The smallest absolute Gasteiger partial charge is 0.336 e. The zero-order valence-electron chi connectivity index (χ0n) is 24.9. The molecule has 4 rings (SSSR count). The third-order valence-electron chi connectivity index (χ3n) is 8.51. The number of benzene rings is 2. The molecule has 0 bridgehead atoms. The fourth-order valence-corrected chi connectivity index (χ4v) is 6.50. The van der Waals surface area contributed by atoms with Crippen molar-refractivity contribution in [3.63, 3.8) is 0 Å². The summed E-state index contributed by atoms with van der Waals surface area (Å²) < 4.78 is 2.33. The zero-order valence-corrected chi connectivity index (χ0v) is 24.9. The first-order chi connectivity index (χ1) is 19.9. The van der Waals surface area contributed by atoms with Crippen LogP contribution in [0.25, 0.3) is 11.4 Å². The number of aromatic nitrogens is 2. The highest BCUT2D eigenvalue weighted by Crippen LogP contribution is 2.30. The minimum Gasteiger partial charge on any atom is -0.478 e. The summed E-state index contributed by atoms with van der Waals surface area (Å²) in [6.07, 6.45) is 11.2. The van der Waals surface area contributed by atoms with Crippen molar-refractivity contribution >= 4 is 11.9 Å². The van der Waals surface area contributed by atoms with Crippen LogP contribution in [0.15, 0.2) is 42.6 Å². The minimum atomic E-state index is -1.07. The Labute approximate surface area is 244 Å². The lowest BCUT2D eigenvalue weighted by Crippen LogP contribution is -2.31. The first-order valence-corrected chi connectivity index (χ1v) is 15.3. The largest absolute Gasteiger partial charge is 0.478 e. The Morgan fingerprint density at radius 3 is 2.27 bits per heavy atom. The van der Waals surface area contributed by atoms with Gasteiger partial charge < -0.3 is 14.8 Å². The van der Waals surface area contributed by atoms with Crippen LogP contribution in [0.4, 0.5) is 0 Å². The highest BCUT2D eigenvalue weighted by molar-refractivity contribution is 5.98. The maximum absolute atomic E-state index is 12.4. The van der Waals surface area contributed by atoms with Crippen LogP contribution < -0.4 is 0 Å². The molecule has 0 amide bonds. The van der Waals surface area contributed by atoms with Gasteiger partial charge in [-0.05, 0) is 60.8 Å². The van der Waals surface area contributed by atoms with E-state index in [-0.39, 0.29) is 11.1 Å². The van der Waals surface area contributed by atoms with Gasteiger partial charge in [0.25, 0.3) is 0 Å². The third kappa shape index (κ3) is 7.25. The molecule has 7 heteroatoms. The Morgan fingerprint density at radius 1 is 0.951 bits per heavy atom. The van der Waals surface area contributed by atoms with Crippen molar-refractivity contribution in [2.45, 2.75) is 98.2 Å². The van der Waals surface area contributed by atoms with E-state index in [9.17, 15) is 19.8 Å². The molecule has 0 aliphatic heterocycles. The second kappa shape index (κ2) is 14.4. The molecule has 1 saturated carbocycles. The molecule has 41 heavy (non-hydrogen) atoms. The van der Waals surface area contributed by atoms with Gasteiger partial charge in [0.15, 0.2) is 0 Å². The fourth-order valence-electron chi connectivity index (χ4n) is 6.50. The number of carbonyl (C=O) groups is 2. The molecule has 1 aromatic heterocycles. The molecular weight excluding hydrogens is 514 g/mol. The molecule has 0 radical (unpaired) electrons. The molecule has 0 saturated heterocycles. The number of rotatable bonds is 14. The molecule has 1 heterocycles. The van der Waals surface area contributed by atoms with Gasteiger partial charge in [-0.1, -0.05) is 76.8 Å². The van der Waals surface area contributed by atoms with Crippen molar-refractivity contribution in [1.82, 2.24) is 14.5 Å². The topological polar surface area (TPSA) is 95.7 Å². The number of imidazole rings is 1. The predicted molar refractivity (Wildman–Crippen MR) is 162 cm³/mol. The molecule has 1 aliphatic rings.